The molecule has 9 heteroatoms. The third-order valence-electron chi connectivity index (χ3n) is 7.29. The molecule has 4 rings (SSSR count). The lowest BCUT2D eigenvalue weighted by molar-refractivity contribution is -0.384. The summed E-state index contributed by atoms with van der Waals surface area (Å²) in [4.78, 5) is 31.2. The summed E-state index contributed by atoms with van der Waals surface area (Å²) in [5, 5.41) is 16.3. The van der Waals surface area contributed by atoms with Crippen molar-refractivity contribution in [2.45, 2.75) is 46.7 Å². The van der Waals surface area contributed by atoms with Gasteiger partial charge in [0.05, 0.1) is 22.8 Å². The Morgan fingerprint density at radius 2 is 1.78 bits per heavy atom. The second-order valence-electron chi connectivity index (χ2n) is 9.55. The summed E-state index contributed by atoms with van der Waals surface area (Å²) in [7, 11) is 0. The van der Waals surface area contributed by atoms with Gasteiger partial charge in [-0.2, -0.15) is 5.10 Å². The van der Waals surface area contributed by atoms with Crippen LogP contribution in [0.2, 0.25) is 0 Å². The molecule has 0 N–H and O–H groups in total. The molecule has 1 unspecified atom stereocenters. The number of likely N-dealkylation sites (N-methyl/N-ethyl adjacent to an activating group) is 1. The van der Waals surface area contributed by atoms with Crippen LogP contribution in [0.1, 0.15) is 48.8 Å². The van der Waals surface area contributed by atoms with Gasteiger partial charge in [-0.05, 0) is 45.0 Å². The molecule has 0 bridgehead atoms. The number of carbonyl (C=O) groups is 1. The molecule has 1 fully saturated rings. The summed E-state index contributed by atoms with van der Waals surface area (Å²) in [6.45, 7) is 13.3. The minimum Gasteiger partial charge on any atom is -0.354 e. The maximum Gasteiger partial charge on any atom is 0.270 e. The molecular weight excluding hydrogens is 468 g/mol. The number of hydrogen-bond donors (Lipinski definition) is 0. The molecule has 37 heavy (non-hydrogen) atoms. The van der Waals surface area contributed by atoms with Crippen LogP contribution in [0.5, 0.6) is 0 Å². The first-order valence-corrected chi connectivity index (χ1v) is 13.0. The van der Waals surface area contributed by atoms with Crippen molar-refractivity contribution in [3.8, 4) is 5.69 Å². The third-order valence-corrected chi connectivity index (χ3v) is 7.29. The van der Waals surface area contributed by atoms with Crippen molar-refractivity contribution < 1.29 is 9.72 Å². The molecule has 0 spiro atoms. The fraction of sp³-hybridized carbons (Fsp3) is 0.429. The highest BCUT2D eigenvalue weighted by Crippen LogP contribution is 2.31. The zero-order valence-corrected chi connectivity index (χ0v) is 22.1. The fourth-order valence-corrected chi connectivity index (χ4v) is 4.82. The lowest BCUT2D eigenvalue weighted by Crippen LogP contribution is -2.47. The van der Waals surface area contributed by atoms with Crippen molar-refractivity contribution in [2.24, 2.45) is 0 Å². The minimum atomic E-state index is -0.466. The Morgan fingerprint density at radius 3 is 2.41 bits per heavy atom. The number of nitrogens with zero attached hydrogens (tertiary/aromatic N) is 6. The van der Waals surface area contributed by atoms with E-state index < -0.39 is 4.92 Å². The summed E-state index contributed by atoms with van der Waals surface area (Å²) in [5.41, 5.74) is 3.09. The van der Waals surface area contributed by atoms with Crippen LogP contribution in [0.25, 0.3) is 5.69 Å². The lowest BCUT2D eigenvalue weighted by atomic mass is 10.1. The molecule has 1 aliphatic rings. The quantitative estimate of drug-likeness (QED) is 0.311. The number of benzene rings is 2. The Balaban J connectivity index is 1.75. The topological polar surface area (TPSA) is 87.8 Å². The molecule has 9 nitrogen and oxygen atoms in total. The van der Waals surface area contributed by atoms with E-state index in [1.807, 2.05) is 60.7 Å². The van der Waals surface area contributed by atoms with E-state index in [-0.39, 0.29) is 17.6 Å². The number of carbonyl (C=O) groups excluding carboxylic acids is 1. The Labute approximate surface area is 218 Å². The summed E-state index contributed by atoms with van der Waals surface area (Å²) in [6.07, 6.45) is 0.761. The first-order chi connectivity index (χ1) is 17.8. The van der Waals surface area contributed by atoms with Crippen LogP contribution in [0.15, 0.2) is 54.6 Å². The lowest BCUT2D eigenvalue weighted by Gasteiger charge is -2.37. The van der Waals surface area contributed by atoms with Gasteiger partial charge in [0.25, 0.3) is 11.6 Å². The molecule has 1 atom stereocenters. The average Bonchev–Trinajstić information content (AvgIpc) is 3.27. The number of amides is 1. The van der Waals surface area contributed by atoms with Gasteiger partial charge in [-0.15, -0.1) is 0 Å². The van der Waals surface area contributed by atoms with Crippen LogP contribution in [0, 0.1) is 17.0 Å². The monoisotopic (exact) mass is 504 g/mol. The van der Waals surface area contributed by atoms with Gasteiger partial charge >= 0.3 is 0 Å². The molecule has 2 heterocycles. The van der Waals surface area contributed by atoms with E-state index in [0.29, 0.717) is 12.1 Å². The van der Waals surface area contributed by atoms with Crippen molar-refractivity contribution in [3.63, 3.8) is 0 Å². The van der Waals surface area contributed by atoms with Gasteiger partial charge in [0, 0.05) is 55.5 Å². The minimum absolute atomic E-state index is 0.0592. The van der Waals surface area contributed by atoms with Gasteiger partial charge in [-0.1, -0.05) is 38.1 Å². The Morgan fingerprint density at radius 1 is 1.08 bits per heavy atom. The number of aryl methyl sites for hydroxylation is 1. The number of aromatic nitrogens is 2. The summed E-state index contributed by atoms with van der Waals surface area (Å²) < 4.78 is 2.00. The van der Waals surface area contributed by atoms with Gasteiger partial charge in [0.1, 0.15) is 5.82 Å². The molecule has 0 radical (unpaired) electrons. The summed E-state index contributed by atoms with van der Waals surface area (Å²) in [5.74, 6) is 0.797. The summed E-state index contributed by atoms with van der Waals surface area (Å²) >= 11 is 0. The maximum atomic E-state index is 13.7. The molecule has 0 saturated carbocycles. The maximum absolute atomic E-state index is 13.7. The van der Waals surface area contributed by atoms with E-state index in [4.69, 9.17) is 5.10 Å². The highest BCUT2D eigenvalue weighted by Gasteiger charge is 2.29. The predicted molar refractivity (Wildman–Crippen MR) is 145 cm³/mol. The number of nitro groups is 1. The number of non-ortho nitro benzene ring substituents is 1. The molecular formula is C28H36N6O3. The van der Waals surface area contributed by atoms with E-state index in [2.05, 4.69) is 16.7 Å². The molecule has 2 aromatic carbocycles. The van der Waals surface area contributed by atoms with Crippen LogP contribution in [0.4, 0.5) is 11.5 Å². The molecule has 1 saturated heterocycles. The fourth-order valence-electron chi connectivity index (χ4n) is 4.82. The number of nitro benzene ring substituents is 1. The average molecular weight is 505 g/mol. The van der Waals surface area contributed by atoms with E-state index in [1.54, 1.807) is 12.1 Å². The van der Waals surface area contributed by atoms with Gasteiger partial charge < -0.3 is 14.7 Å². The van der Waals surface area contributed by atoms with Crippen LogP contribution in [-0.2, 0) is 6.54 Å². The SMILES string of the molecule is CCC(C)N(Cc1c(C)nn(-c2ccccc2)c1N1CCN(CC)CC1)C(=O)c1cccc([N+](=O)[O-])c1. The number of rotatable bonds is 9. The van der Waals surface area contributed by atoms with Crippen LogP contribution in [0.3, 0.4) is 0 Å². The molecule has 0 aliphatic carbocycles. The predicted octanol–water partition coefficient (Wildman–Crippen LogP) is 4.67. The van der Waals surface area contributed by atoms with Gasteiger partial charge in [-0.3, -0.25) is 14.9 Å². The molecule has 3 aromatic rings. The Kier molecular flexibility index (Phi) is 8.23. The van der Waals surface area contributed by atoms with Gasteiger partial charge in [0.15, 0.2) is 0 Å². The van der Waals surface area contributed by atoms with Crippen molar-refractivity contribution in [1.82, 2.24) is 19.6 Å². The summed E-state index contributed by atoms with van der Waals surface area (Å²) in [6, 6.07) is 16.0. The Hall–Kier alpha value is -3.72. The van der Waals surface area contributed by atoms with Crippen molar-refractivity contribution in [1.29, 1.82) is 0 Å². The highest BCUT2D eigenvalue weighted by molar-refractivity contribution is 5.95. The van der Waals surface area contributed by atoms with Crippen LogP contribution in [-0.4, -0.2) is 69.2 Å². The normalized spacial score (nSPS) is 15.0. The highest BCUT2D eigenvalue weighted by atomic mass is 16.6. The number of para-hydroxylation sites is 1. The molecule has 1 aromatic heterocycles. The van der Waals surface area contributed by atoms with E-state index in [0.717, 1.165) is 61.9 Å². The van der Waals surface area contributed by atoms with Crippen LogP contribution >= 0.6 is 0 Å². The standard InChI is InChI=1S/C28H36N6O3/c1-5-21(3)32(28(35)23-11-10-14-25(19-23)34(36)37)20-26-22(4)29-33(24-12-8-7-9-13-24)27(26)31-17-15-30(6-2)16-18-31/h7-14,19,21H,5-6,15-18,20H2,1-4H3. The van der Waals surface area contributed by atoms with E-state index in [1.165, 1.54) is 12.1 Å². The second-order valence-corrected chi connectivity index (χ2v) is 9.55. The zero-order valence-electron chi connectivity index (χ0n) is 22.1. The smallest absolute Gasteiger partial charge is 0.270 e. The molecule has 196 valence electrons. The largest absolute Gasteiger partial charge is 0.354 e. The number of hydrogen-bond acceptors (Lipinski definition) is 6. The first-order valence-electron chi connectivity index (χ1n) is 13.0. The first kappa shape index (κ1) is 26.3. The van der Waals surface area contributed by atoms with Crippen molar-refractivity contribution >= 4 is 17.4 Å². The van der Waals surface area contributed by atoms with E-state index >= 15 is 0 Å². The second kappa shape index (κ2) is 11.6. The Bertz CT molecular complexity index is 1230. The van der Waals surface area contributed by atoms with Crippen molar-refractivity contribution in [2.75, 3.05) is 37.6 Å². The van der Waals surface area contributed by atoms with Gasteiger partial charge in [0.2, 0.25) is 0 Å². The third kappa shape index (κ3) is 5.67. The zero-order chi connectivity index (χ0) is 26.5. The number of piperazine rings is 1. The van der Waals surface area contributed by atoms with Gasteiger partial charge in [-0.25, -0.2) is 4.68 Å². The van der Waals surface area contributed by atoms with Crippen molar-refractivity contribution in [3.05, 3.63) is 81.5 Å². The molecule has 1 amide bonds. The van der Waals surface area contributed by atoms with Crippen LogP contribution < -0.4 is 4.90 Å². The van der Waals surface area contributed by atoms with E-state index in [9.17, 15) is 14.9 Å². The number of anilines is 1. The molecule has 1 aliphatic heterocycles.